The van der Waals surface area contributed by atoms with Crippen molar-refractivity contribution in [2.24, 2.45) is 7.05 Å². The number of rotatable bonds is 3. The van der Waals surface area contributed by atoms with Crippen molar-refractivity contribution in [2.45, 2.75) is 12.5 Å². The highest BCUT2D eigenvalue weighted by Crippen LogP contribution is 2.30. The van der Waals surface area contributed by atoms with Crippen molar-refractivity contribution in [1.29, 1.82) is 0 Å². The van der Waals surface area contributed by atoms with Crippen LogP contribution in [0.5, 0.6) is 5.75 Å². The van der Waals surface area contributed by atoms with Crippen molar-refractivity contribution < 1.29 is 13.9 Å². The first-order valence-electron chi connectivity index (χ1n) is 7.94. The van der Waals surface area contributed by atoms with Crippen molar-refractivity contribution >= 4 is 11.7 Å². The van der Waals surface area contributed by atoms with E-state index in [1.807, 2.05) is 24.3 Å². The molecule has 0 saturated carbocycles. The average molecular weight is 337 g/mol. The fourth-order valence-corrected chi connectivity index (χ4v) is 2.92. The minimum atomic E-state index is -0.576. The van der Waals surface area contributed by atoms with E-state index in [2.05, 4.69) is 10.3 Å². The second kappa shape index (κ2) is 6.05. The number of hydrogen-bond donors (Lipinski definition) is 1. The molecule has 0 bridgehead atoms. The van der Waals surface area contributed by atoms with Crippen LogP contribution in [0.2, 0.25) is 0 Å². The van der Waals surface area contributed by atoms with E-state index in [4.69, 9.17) is 4.74 Å². The quantitative estimate of drug-likeness (QED) is 0.799. The molecule has 1 amide bonds. The number of carbonyl (C=O) groups excluding carboxylic acids is 1. The fourth-order valence-electron chi connectivity index (χ4n) is 2.92. The summed E-state index contributed by atoms with van der Waals surface area (Å²) in [5.41, 5.74) is 2.34. The van der Waals surface area contributed by atoms with Crippen LogP contribution in [0.1, 0.15) is 5.56 Å². The number of nitrogens with one attached hydrogen (secondary N) is 1. The Kier molecular flexibility index (Phi) is 3.72. The second-order valence-corrected chi connectivity index (χ2v) is 5.97. The standard InChI is InChI=1S/C19H16FN3O2/c1-23-11-21-17(12-6-8-14(20)9-7-12)18(23)22-19(24)16-10-13-4-2-3-5-15(13)25-16/h2-9,11,16H,10H2,1H3,(H,22,24)/t16-/m0/s1. The Balaban J connectivity index is 1.56. The molecule has 6 heteroatoms. The average Bonchev–Trinajstić information content (AvgIpc) is 3.20. The maximum atomic E-state index is 13.1. The van der Waals surface area contributed by atoms with Gasteiger partial charge < -0.3 is 14.6 Å². The number of nitrogens with zero attached hydrogens (tertiary/aromatic N) is 2. The first-order valence-corrected chi connectivity index (χ1v) is 7.94. The summed E-state index contributed by atoms with van der Waals surface area (Å²) in [4.78, 5) is 17.0. The molecule has 126 valence electrons. The Morgan fingerprint density at radius 1 is 1.24 bits per heavy atom. The van der Waals surface area contributed by atoms with Crippen LogP contribution in [0.15, 0.2) is 54.9 Å². The van der Waals surface area contributed by atoms with E-state index in [0.29, 0.717) is 17.9 Å². The van der Waals surface area contributed by atoms with Gasteiger partial charge in [-0.1, -0.05) is 18.2 Å². The Labute approximate surface area is 144 Å². The number of imidazole rings is 1. The lowest BCUT2D eigenvalue weighted by Gasteiger charge is -2.13. The molecule has 0 radical (unpaired) electrons. The summed E-state index contributed by atoms with van der Waals surface area (Å²) in [6.45, 7) is 0. The predicted octanol–water partition coefficient (Wildman–Crippen LogP) is 3.17. The Bertz CT molecular complexity index is 909. The van der Waals surface area contributed by atoms with E-state index in [1.54, 1.807) is 30.1 Å². The summed E-state index contributed by atoms with van der Waals surface area (Å²) >= 11 is 0. The van der Waals surface area contributed by atoms with Crippen molar-refractivity contribution in [3.05, 3.63) is 66.2 Å². The monoisotopic (exact) mass is 337 g/mol. The highest BCUT2D eigenvalue weighted by atomic mass is 19.1. The lowest BCUT2D eigenvalue weighted by atomic mass is 10.1. The van der Waals surface area contributed by atoms with Crippen LogP contribution in [0, 0.1) is 5.82 Å². The molecular weight excluding hydrogens is 321 g/mol. The second-order valence-electron chi connectivity index (χ2n) is 5.97. The first-order chi connectivity index (χ1) is 12.1. The minimum absolute atomic E-state index is 0.233. The molecule has 0 saturated heterocycles. The molecule has 1 aromatic heterocycles. The highest BCUT2D eigenvalue weighted by molar-refractivity contribution is 5.97. The normalized spacial score (nSPS) is 15.5. The molecule has 0 unspecified atom stereocenters. The number of amides is 1. The number of para-hydroxylation sites is 1. The molecule has 3 aromatic rings. The Hall–Kier alpha value is -3.15. The van der Waals surface area contributed by atoms with Crippen molar-refractivity contribution in [2.75, 3.05) is 5.32 Å². The zero-order valence-electron chi connectivity index (χ0n) is 13.6. The van der Waals surface area contributed by atoms with Crippen molar-refractivity contribution in [1.82, 2.24) is 9.55 Å². The van der Waals surface area contributed by atoms with Gasteiger partial charge in [0.15, 0.2) is 6.10 Å². The summed E-state index contributed by atoms with van der Waals surface area (Å²) in [7, 11) is 1.79. The SMILES string of the molecule is Cn1cnc(-c2ccc(F)cc2)c1NC(=O)[C@@H]1Cc2ccccc2O1. The van der Waals surface area contributed by atoms with E-state index in [0.717, 1.165) is 16.9 Å². The maximum Gasteiger partial charge on any atom is 0.266 e. The van der Waals surface area contributed by atoms with Crippen LogP contribution in [0.4, 0.5) is 10.2 Å². The van der Waals surface area contributed by atoms with Crippen LogP contribution in [-0.4, -0.2) is 21.6 Å². The summed E-state index contributed by atoms with van der Waals surface area (Å²) in [6.07, 6.45) is 1.57. The van der Waals surface area contributed by atoms with Gasteiger partial charge in [-0.15, -0.1) is 0 Å². The van der Waals surface area contributed by atoms with E-state index in [-0.39, 0.29) is 11.7 Å². The minimum Gasteiger partial charge on any atom is -0.480 e. The molecule has 1 aliphatic rings. The van der Waals surface area contributed by atoms with Crippen molar-refractivity contribution in [3.63, 3.8) is 0 Å². The van der Waals surface area contributed by atoms with Gasteiger partial charge in [-0.2, -0.15) is 0 Å². The summed E-state index contributed by atoms with van der Waals surface area (Å²) in [6, 6.07) is 13.6. The number of carbonyl (C=O) groups is 1. The Morgan fingerprint density at radius 2 is 2.00 bits per heavy atom. The topological polar surface area (TPSA) is 56.2 Å². The maximum absolute atomic E-state index is 13.1. The first kappa shape index (κ1) is 15.4. The third-order valence-electron chi connectivity index (χ3n) is 4.24. The predicted molar refractivity (Wildman–Crippen MR) is 91.8 cm³/mol. The van der Waals surface area contributed by atoms with Gasteiger partial charge in [-0.05, 0) is 35.9 Å². The molecule has 5 nitrogen and oxygen atoms in total. The van der Waals surface area contributed by atoms with Crippen molar-refractivity contribution in [3.8, 4) is 17.0 Å². The van der Waals surface area contributed by atoms with Crippen LogP contribution in [0.25, 0.3) is 11.3 Å². The smallest absolute Gasteiger partial charge is 0.266 e. The van der Waals surface area contributed by atoms with E-state index < -0.39 is 6.10 Å². The molecule has 1 aliphatic heterocycles. The van der Waals surface area contributed by atoms with Gasteiger partial charge in [0, 0.05) is 19.0 Å². The van der Waals surface area contributed by atoms with Gasteiger partial charge in [0.25, 0.3) is 5.91 Å². The summed E-state index contributed by atoms with van der Waals surface area (Å²) in [5, 5.41) is 2.89. The number of benzene rings is 2. The molecule has 0 spiro atoms. The van der Waals surface area contributed by atoms with Crippen LogP contribution < -0.4 is 10.1 Å². The molecule has 0 fully saturated rings. The molecule has 25 heavy (non-hydrogen) atoms. The van der Waals surface area contributed by atoms with E-state index in [1.165, 1.54) is 12.1 Å². The molecule has 1 N–H and O–H groups in total. The zero-order chi connectivity index (χ0) is 17.4. The molecule has 2 heterocycles. The van der Waals surface area contributed by atoms with E-state index in [9.17, 15) is 9.18 Å². The number of aryl methyl sites for hydroxylation is 1. The van der Waals surface area contributed by atoms with Gasteiger partial charge in [0.1, 0.15) is 23.1 Å². The van der Waals surface area contributed by atoms with Gasteiger partial charge in [0.05, 0.1) is 6.33 Å². The fraction of sp³-hybridized carbons (Fsp3) is 0.158. The molecule has 4 rings (SSSR count). The van der Waals surface area contributed by atoms with Crippen LogP contribution in [0.3, 0.4) is 0 Å². The van der Waals surface area contributed by atoms with E-state index >= 15 is 0 Å². The molecule has 2 aromatic carbocycles. The number of fused-ring (bicyclic) bond motifs is 1. The molecule has 0 aliphatic carbocycles. The summed E-state index contributed by atoms with van der Waals surface area (Å²) in [5.74, 6) is 0.744. The number of ether oxygens (including phenoxy) is 1. The molecule has 1 atom stereocenters. The number of aromatic nitrogens is 2. The number of hydrogen-bond acceptors (Lipinski definition) is 3. The van der Waals surface area contributed by atoms with Gasteiger partial charge in [-0.25, -0.2) is 9.37 Å². The zero-order valence-corrected chi connectivity index (χ0v) is 13.6. The largest absolute Gasteiger partial charge is 0.480 e. The third kappa shape index (κ3) is 2.87. The number of anilines is 1. The third-order valence-corrected chi connectivity index (χ3v) is 4.24. The van der Waals surface area contributed by atoms with Gasteiger partial charge >= 0.3 is 0 Å². The van der Waals surface area contributed by atoms with Gasteiger partial charge in [0.2, 0.25) is 0 Å². The van der Waals surface area contributed by atoms with Crippen LogP contribution in [-0.2, 0) is 18.3 Å². The number of halogens is 1. The van der Waals surface area contributed by atoms with Crippen LogP contribution >= 0.6 is 0 Å². The Morgan fingerprint density at radius 3 is 2.76 bits per heavy atom. The lowest BCUT2D eigenvalue weighted by Crippen LogP contribution is -2.32. The summed E-state index contributed by atoms with van der Waals surface area (Å²) < 4.78 is 20.6. The lowest BCUT2D eigenvalue weighted by molar-refractivity contribution is -0.122. The van der Waals surface area contributed by atoms with Gasteiger partial charge in [-0.3, -0.25) is 4.79 Å². The molecular formula is C19H16FN3O2. The highest BCUT2D eigenvalue weighted by Gasteiger charge is 2.30.